The number of benzene rings is 1. The number of carbonyl (C=O) groups is 3. The zero-order valence-electron chi connectivity index (χ0n) is 14.4. The van der Waals surface area contributed by atoms with E-state index in [1.807, 2.05) is 44.2 Å². The van der Waals surface area contributed by atoms with Gasteiger partial charge in [-0.25, -0.2) is 0 Å². The number of para-hydroxylation sites is 1. The van der Waals surface area contributed by atoms with Gasteiger partial charge < -0.3 is 5.32 Å². The van der Waals surface area contributed by atoms with Gasteiger partial charge in [0.2, 0.25) is 11.8 Å². The smallest absolute Gasteiger partial charge is 0.279 e. The maximum atomic E-state index is 12.2. The highest BCUT2D eigenvalue weighted by Crippen LogP contribution is 2.36. The highest BCUT2D eigenvalue weighted by molar-refractivity contribution is 8.01. The number of carbonyl (C=O) groups excluding carboxylic acids is 3. The minimum absolute atomic E-state index is 0.0191. The first-order valence-corrected chi connectivity index (χ1v) is 9.92. The van der Waals surface area contributed by atoms with E-state index in [4.69, 9.17) is 0 Å². The first-order chi connectivity index (χ1) is 12.5. The zero-order valence-corrected chi connectivity index (χ0v) is 16.1. The second kappa shape index (κ2) is 7.92. The number of hydrazine groups is 1. The van der Waals surface area contributed by atoms with Gasteiger partial charge in [-0.1, -0.05) is 19.1 Å². The number of thioether (sulfide) groups is 1. The highest BCUT2D eigenvalue weighted by Gasteiger charge is 2.28. The van der Waals surface area contributed by atoms with Crippen molar-refractivity contribution in [3.05, 3.63) is 45.6 Å². The van der Waals surface area contributed by atoms with Crippen molar-refractivity contribution in [3.63, 3.8) is 0 Å². The van der Waals surface area contributed by atoms with Gasteiger partial charge >= 0.3 is 0 Å². The van der Waals surface area contributed by atoms with Crippen LogP contribution in [0.4, 0.5) is 5.69 Å². The Morgan fingerprint density at radius 2 is 2.00 bits per heavy atom. The van der Waals surface area contributed by atoms with Crippen LogP contribution in [0.3, 0.4) is 0 Å². The van der Waals surface area contributed by atoms with Gasteiger partial charge in [-0.05, 0) is 37.1 Å². The molecule has 0 saturated carbocycles. The molecule has 0 unspecified atom stereocenters. The third-order valence-electron chi connectivity index (χ3n) is 3.96. The van der Waals surface area contributed by atoms with Gasteiger partial charge in [-0.15, -0.1) is 23.1 Å². The van der Waals surface area contributed by atoms with Crippen molar-refractivity contribution in [1.29, 1.82) is 0 Å². The second-order valence-electron chi connectivity index (χ2n) is 5.87. The molecule has 8 heteroatoms. The molecule has 1 atom stereocenters. The predicted molar refractivity (Wildman–Crippen MR) is 103 cm³/mol. The summed E-state index contributed by atoms with van der Waals surface area (Å²) in [5.74, 6) is -0.969. The van der Waals surface area contributed by atoms with Crippen LogP contribution in [-0.4, -0.2) is 23.0 Å². The molecule has 1 aliphatic rings. The number of amides is 3. The normalized spacial score (nSPS) is 15.8. The Morgan fingerprint density at radius 1 is 1.23 bits per heavy atom. The lowest BCUT2D eigenvalue weighted by Gasteiger charge is -2.23. The molecule has 2 heterocycles. The summed E-state index contributed by atoms with van der Waals surface area (Å²) in [5.41, 5.74) is 6.64. The molecular formula is C18H19N3O3S2. The third kappa shape index (κ3) is 4.08. The van der Waals surface area contributed by atoms with Crippen molar-refractivity contribution in [2.45, 2.75) is 36.8 Å². The molecule has 136 valence electrons. The minimum atomic E-state index is -0.530. The van der Waals surface area contributed by atoms with E-state index in [2.05, 4.69) is 16.2 Å². The summed E-state index contributed by atoms with van der Waals surface area (Å²) in [5, 5.41) is 2.27. The van der Waals surface area contributed by atoms with E-state index in [1.54, 1.807) is 0 Å². The Bertz CT molecular complexity index is 863. The lowest BCUT2D eigenvalue weighted by molar-refractivity contribution is -0.124. The van der Waals surface area contributed by atoms with Crippen molar-refractivity contribution in [2.75, 3.05) is 5.32 Å². The fourth-order valence-corrected chi connectivity index (χ4v) is 4.74. The lowest BCUT2D eigenvalue weighted by Crippen LogP contribution is -2.43. The zero-order chi connectivity index (χ0) is 18.7. The fraction of sp³-hybridized carbons (Fsp3) is 0.278. The Labute approximate surface area is 159 Å². The number of fused-ring (bicyclic) bond motifs is 1. The average molecular weight is 390 g/mol. The molecule has 0 spiro atoms. The summed E-state index contributed by atoms with van der Waals surface area (Å²) in [4.78, 5) is 39.0. The SMILES string of the molecule is CCc1sc(C(=O)NNC(=O)C[C@@H]2Sc3ccccc3NC2=O)cc1C. The van der Waals surface area contributed by atoms with Crippen LogP contribution < -0.4 is 16.2 Å². The minimum Gasteiger partial charge on any atom is -0.324 e. The van der Waals surface area contributed by atoms with Crippen LogP contribution in [-0.2, 0) is 16.0 Å². The number of anilines is 1. The molecule has 2 aromatic rings. The molecule has 26 heavy (non-hydrogen) atoms. The summed E-state index contributed by atoms with van der Waals surface area (Å²) in [6.07, 6.45) is 0.848. The maximum absolute atomic E-state index is 12.2. The van der Waals surface area contributed by atoms with Gasteiger partial charge in [0.1, 0.15) is 0 Å². The largest absolute Gasteiger partial charge is 0.324 e. The van der Waals surface area contributed by atoms with Crippen LogP contribution in [0.2, 0.25) is 0 Å². The number of thiophene rings is 1. The van der Waals surface area contributed by atoms with Crippen molar-refractivity contribution in [1.82, 2.24) is 10.9 Å². The molecule has 0 bridgehead atoms. The predicted octanol–water partition coefficient (Wildman–Crippen LogP) is 2.88. The molecule has 3 rings (SSSR count). The number of hydrogen-bond donors (Lipinski definition) is 3. The van der Waals surface area contributed by atoms with Crippen molar-refractivity contribution in [3.8, 4) is 0 Å². The first-order valence-electron chi connectivity index (χ1n) is 8.23. The average Bonchev–Trinajstić information content (AvgIpc) is 3.01. The molecule has 0 radical (unpaired) electrons. The molecule has 3 amide bonds. The van der Waals surface area contributed by atoms with Crippen molar-refractivity contribution >= 4 is 46.5 Å². The van der Waals surface area contributed by atoms with E-state index in [-0.39, 0.29) is 18.2 Å². The van der Waals surface area contributed by atoms with Gasteiger partial charge in [0, 0.05) is 16.2 Å². The van der Waals surface area contributed by atoms with Gasteiger partial charge in [-0.3, -0.25) is 25.2 Å². The second-order valence-corrected chi connectivity index (χ2v) is 8.25. The molecule has 6 nitrogen and oxygen atoms in total. The number of aryl methyl sites for hydroxylation is 2. The maximum Gasteiger partial charge on any atom is 0.279 e. The van der Waals surface area contributed by atoms with Gasteiger partial charge in [0.05, 0.1) is 15.8 Å². The van der Waals surface area contributed by atoms with Crippen molar-refractivity contribution < 1.29 is 14.4 Å². The van der Waals surface area contributed by atoms with Crippen LogP contribution >= 0.6 is 23.1 Å². The standard InChI is InChI=1S/C18H19N3O3S2/c1-3-12-10(2)8-14(25-12)18(24)21-20-16(22)9-15-17(23)19-11-6-4-5-7-13(11)26-15/h4-8,15H,3,9H2,1-2H3,(H,19,23)(H,20,22)(H,21,24)/t15-/m0/s1. The monoisotopic (exact) mass is 389 g/mol. The van der Waals surface area contributed by atoms with Crippen LogP contribution in [0, 0.1) is 6.92 Å². The van der Waals surface area contributed by atoms with E-state index in [9.17, 15) is 14.4 Å². The Kier molecular flexibility index (Phi) is 5.63. The number of hydrogen-bond acceptors (Lipinski definition) is 5. The number of rotatable bonds is 4. The lowest BCUT2D eigenvalue weighted by atomic mass is 10.2. The molecule has 1 aromatic carbocycles. The van der Waals surface area contributed by atoms with E-state index < -0.39 is 11.2 Å². The molecule has 1 aliphatic heterocycles. The first kappa shape index (κ1) is 18.5. The van der Waals surface area contributed by atoms with Crippen LogP contribution in [0.1, 0.15) is 33.5 Å². The summed E-state index contributed by atoms with van der Waals surface area (Å²) >= 11 is 2.76. The molecule has 1 aromatic heterocycles. The highest BCUT2D eigenvalue weighted by atomic mass is 32.2. The van der Waals surface area contributed by atoms with E-state index in [0.29, 0.717) is 4.88 Å². The van der Waals surface area contributed by atoms with E-state index >= 15 is 0 Å². The van der Waals surface area contributed by atoms with Gasteiger partial charge in [-0.2, -0.15) is 0 Å². The van der Waals surface area contributed by atoms with Crippen LogP contribution in [0.25, 0.3) is 0 Å². The number of nitrogens with one attached hydrogen (secondary N) is 3. The van der Waals surface area contributed by atoms with E-state index in [1.165, 1.54) is 23.1 Å². The van der Waals surface area contributed by atoms with Crippen LogP contribution in [0.15, 0.2) is 35.2 Å². The van der Waals surface area contributed by atoms with Gasteiger partial charge in [0.25, 0.3) is 5.91 Å². The molecular weight excluding hydrogens is 370 g/mol. The summed E-state index contributed by atoms with van der Waals surface area (Å²) in [6, 6.07) is 9.26. The summed E-state index contributed by atoms with van der Waals surface area (Å²) in [7, 11) is 0. The van der Waals surface area contributed by atoms with E-state index in [0.717, 1.165) is 27.4 Å². The summed E-state index contributed by atoms with van der Waals surface area (Å²) in [6.45, 7) is 3.99. The van der Waals surface area contributed by atoms with Crippen molar-refractivity contribution in [2.24, 2.45) is 0 Å². The topological polar surface area (TPSA) is 87.3 Å². The summed E-state index contributed by atoms with van der Waals surface area (Å²) < 4.78 is 0. The molecule has 0 fully saturated rings. The van der Waals surface area contributed by atoms with Crippen LogP contribution in [0.5, 0.6) is 0 Å². The quantitative estimate of drug-likeness (QED) is 0.702. The molecule has 0 saturated heterocycles. The Balaban J connectivity index is 1.54. The van der Waals surface area contributed by atoms with Gasteiger partial charge in [0.15, 0.2) is 0 Å². The fourth-order valence-electron chi connectivity index (χ4n) is 2.62. The Hall–Kier alpha value is -2.32. The Morgan fingerprint density at radius 3 is 2.73 bits per heavy atom. The third-order valence-corrected chi connectivity index (χ3v) is 6.61. The molecule has 0 aliphatic carbocycles. The molecule has 3 N–H and O–H groups in total.